The minimum Gasteiger partial charge on any atom is -0.469 e. The number of allylic oxidation sites excluding steroid dienone is 1. The van der Waals surface area contributed by atoms with Crippen LogP contribution in [-0.4, -0.2) is 57.9 Å². The molecule has 0 bridgehead atoms. The van der Waals surface area contributed by atoms with Gasteiger partial charge < -0.3 is 25.2 Å². The maximum atomic E-state index is 13.4. The predicted molar refractivity (Wildman–Crippen MR) is 141 cm³/mol. The third kappa shape index (κ3) is 3.16. The van der Waals surface area contributed by atoms with E-state index in [-0.39, 0.29) is 52.5 Å². The van der Waals surface area contributed by atoms with E-state index in [0.717, 1.165) is 38.5 Å². The molecule has 37 heavy (non-hydrogen) atoms. The molecule has 0 amide bonds. The van der Waals surface area contributed by atoms with Gasteiger partial charge in [0.05, 0.1) is 36.9 Å². The summed E-state index contributed by atoms with van der Waals surface area (Å²) in [4.78, 5) is 13.4. The fourth-order valence-electron chi connectivity index (χ4n) is 11.2. The summed E-state index contributed by atoms with van der Waals surface area (Å²) in [5.41, 5.74) is -1.75. The summed E-state index contributed by atoms with van der Waals surface area (Å²) in [7, 11) is 1.48. The Morgan fingerprint density at radius 2 is 1.70 bits per heavy atom. The second-order valence-corrected chi connectivity index (χ2v) is 14.9. The first-order chi connectivity index (χ1) is 17.1. The van der Waals surface area contributed by atoms with Crippen molar-refractivity contribution in [1.29, 1.82) is 0 Å². The number of ether oxygens (including phenoxy) is 1. The van der Waals surface area contributed by atoms with Crippen molar-refractivity contribution < 1.29 is 30.0 Å². The van der Waals surface area contributed by atoms with Gasteiger partial charge in [0.25, 0.3) is 0 Å². The minimum atomic E-state index is -1.01. The van der Waals surface area contributed by atoms with Crippen LogP contribution in [-0.2, 0) is 9.53 Å². The number of methoxy groups -OCH3 is 1. The number of aliphatic hydroxyl groups excluding tert-OH is 3. The Morgan fingerprint density at radius 1 is 1.03 bits per heavy atom. The Labute approximate surface area is 222 Å². The van der Waals surface area contributed by atoms with Crippen molar-refractivity contribution in [2.75, 3.05) is 13.7 Å². The van der Waals surface area contributed by atoms with Crippen molar-refractivity contribution in [2.24, 2.45) is 50.7 Å². The maximum Gasteiger partial charge on any atom is 0.312 e. The lowest BCUT2D eigenvalue weighted by Gasteiger charge is -2.72. The van der Waals surface area contributed by atoms with Crippen molar-refractivity contribution in [3.05, 3.63) is 11.6 Å². The molecule has 0 aromatic carbocycles. The van der Waals surface area contributed by atoms with E-state index in [1.807, 2.05) is 13.8 Å². The lowest BCUT2D eigenvalue weighted by Crippen LogP contribution is -2.69. The zero-order valence-corrected chi connectivity index (χ0v) is 24.0. The third-order valence-electron chi connectivity index (χ3n) is 13.7. The highest BCUT2D eigenvalue weighted by Crippen LogP contribution is 2.76. The molecule has 4 saturated carbocycles. The van der Waals surface area contributed by atoms with E-state index in [1.165, 1.54) is 12.7 Å². The molecule has 5 rings (SSSR count). The SMILES string of the molecule is COC(=O)C12CCC(C)C(C)(O)C1C1=CCC3C4(C)CC(O)C(O)C(C)(CO)C4CCC3(C)C1(C)CC2. The van der Waals surface area contributed by atoms with Crippen molar-refractivity contribution in [3.8, 4) is 0 Å². The molecule has 0 heterocycles. The van der Waals surface area contributed by atoms with Gasteiger partial charge in [-0.15, -0.1) is 0 Å². The van der Waals surface area contributed by atoms with Gasteiger partial charge in [0.2, 0.25) is 0 Å². The first kappa shape index (κ1) is 27.6. The molecule has 12 unspecified atom stereocenters. The Hall–Kier alpha value is -0.950. The fraction of sp³-hybridized carbons (Fsp3) is 0.903. The number of carbonyl (C=O) groups is 1. The normalized spacial score (nSPS) is 57.2. The molecule has 6 nitrogen and oxygen atoms in total. The van der Waals surface area contributed by atoms with E-state index < -0.39 is 28.6 Å². The largest absolute Gasteiger partial charge is 0.469 e. The highest BCUT2D eigenvalue weighted by molar-refractivity contribution is 5.79. The summed E-state index contributed by atoms with van der Waals surface area (Å²) in [6, 6.07) is 0. The van der Waals surface area contributed by atoms with E-state index >= 15 is 0 Å². The van der Waals surface area contributed by atoms with Gasteiger partial charge in [-0.3, -0.25) is 4.79 Å². The molecule has 5 aliphatic rings. The van der Waals surface area contributed by atoms with E-state index in [2.05, 4.69) is 33.8 Å². The van der Waals surface area contributed by atoms with Crippen LogP contribution in [0.2, 0.25) is 0 Å². The monoisotopic (exact) mass is 518 g/mol. The molecular formula is C31H50O6. The zero-order chi connectivity index (χ0) is 27.4. The highest BCUT2D eigenvalue weighted by Gasteiger charge is 2.72. The summed E-state index contributed by atoms with van der Waals surface area (Å²) in [5, 5.41) is 44.5. The van der Waals surface area contributed by atoms with Crippen LogP contribution in [0, 0.1) is 50.7 Å². The lowest BCUT2D eigenvalue weighted by molar-refractivity contribution is -0.247. The van der Waals surface area contributed by atoms with Crippen molar-refractivity contribution in [2.45, 2.75) is 111 Å². The quantitative estimate of drug-likeness (QED) is 0.322. The van der Waals surface area contributed by atoms with E-state index in [1.54, 1.807) is 0 Å². The summed E-state index contributed by atoms with van der Waals surface area (Å²) < 4.78 is 5.41. The number of hydrogen-bond acceptors (Lipinski definition) is 6. The second kappa shape index (κ2) is 8.28. The Kier molecular flexibility index (Phi) is 6.18. The summed E-state index contributed by atoms with van der Waals surface area (Å²) in [6.45, 7) is 12.9. The van der Waals surface area contributed by atoms with Gasteiger partial charge >= 0.3 is 5.97 Å². The number of fused-ring (bicyclic) bond motifs is 7. The van der Waals surface area contributed by atoms with Crippen LogP contribution in [0.15, 0.2) is 11.6 Å². The molecule has 12 atom stereocenters. The molecule has 0 aromatic rings. The third-order valence-corrected chi connectivity index (χ3v) is 13.7. The van der Waals surface area contributed by atoms with Gasteiger partial charge in [-0.1, -0.05) is 46.3 Å². The Morgan fingerprint density at radius 3 is 2.32 bits per heavy atom. The van der Waals surface area contributed by atoms with Gasteiger partial charge in [-0.2, -0.15) is 0 Å². The smallest absolute Gasteiger partial charge is 0.312 e. The summed E-state index contributed by atoms with van der Waals surface area (Å²) in [6.07, 6.45) is 6.86. The molecule has 0 spiro atoms. The Bertz CT molecular complexity index is 990. The van der Waals surface area contributed by atoms with E-state index in [0.29, 0.717) is 12.8 Å². The van der Waals surface area contributed by atoms with Gasteiger partial charge in [0.1, 0.15) is 0 Å². The molecule has 0 aromatic heterocycles. The van der Waals surface area contributed by atoms with Crippen LogP contribution in [0.25, 0.3) is 0 Å². The zero-order valence-electron chi connectivity index (χ0n) is 24.0. The molecule has 5 aliphatic carbocycles. The molecule has 0 radical (unpaired) electrons. The van der Waals surface area contributed by atoms with Crippen LogP contribution < -0.4 is 0 Å². The molecule has 4 N–H and O–H groups in total. The molecule has 0 saturated heterocycles. The predicted octanol–water partition coefficient (Wildman–Crippen LogP) is 4.24. The maximum absolute atomic E-state index is 13.4. The number of aliphatic hydroxyl groups is 4. The lowest BCUT2D eigenvalue weighted by atomic mass is 9.33. The molecule has 0 aliphatic heterocycles. The van der Waals surface area contributed by atoms with Crippen LogP contribution in [0.5, 0.6) is 0 Å². The average Bonchev–Trinajstić information content (AvgIpc) is 2.84. The Balaban J connectivity index is 1.65. The number of rotatable bonds is 2. The number of hydrogen-bond donors (Lipinski definition) is 4. The van der Waals surface area contributed by atoms with Crippen LogP contribution in [0.4, 0.5) is 0 Å². The first-order valence-electron chi connectivity index (χ1n) is 14.6. The highest BCUT2D eigenvalue weighted by atomic mass is 16.5. The van der Waals surface area contributed by atoms with Crippen LogP contribution >= 0.6 is 0 Å². The summed E-state index contributed by atoms with van der Waals surface area (Å²) in [5.74, 6) is -0.0105. The van der Waals surface area contributed by atoms with Crippen molar-refractivity contribution in [1.82, 2.24) is 0 Å². The average molecular weight is 519 g/mol. The minimum absolute atomic E-state index is 0.0811. The topological polar surface area (TPSA) is 107 Å². The van der Waals surface area contributed by atoms with E-state index in [4.69, 9.17) is 4.74 Å². The number of carbonyl (C=O) groups excluding carboxylic acids is 1. The van der Waals surface area contributed by atoms with Gasteiger partial charge in [0, 0.05) is 11.3 Å². The van der Waals surface area contributed by atoms with Crippen LogP contribution in [0.3, 0.4) is 0 Å². The molecule has 6 heteroatoms. The van der Waals surface area contributed by atoms with E-state index in [9.17, 15) is 25.2 Å². The fourth-order valence-corrected chi connectivity index (χ4v) is 11.2. The molecular weight excluding hydrogens is 468 g/mol. The standard InChI is InChI=1S/C31H50O6/c1-18-10-13-31(25(35)37-7)15-14-28(4)19(23(31)30(18,6)36)8-9-22-26(2)16-20(33)24(34)27(3,17-32)21(26)11-12-29(22,28)5/h8,18,20-24,32-34,36H,9-17H2,1-7H3. The number of esters is 1. The van der Waals surface area contributed by atoms with Gasteiger partial charge in [-0.25, -0.2) is 0 Å². The summed E-state index contributed by atoms with van der Waals surface area (Å²) >= 11 is 0. The first-order valence-corrected chi connectivity index (χ1v) is 14.6. The van der Waals surface area contributed by atoms with Crippen LogP contribution in [0.1, 0.15) is 92.9 Å². The van der Waals surface area contributed by atoms with Gasteiger partial charge in [-0.05, 0) is 92.3 Å². The molecule has 210 valence electrons. The second-order valence-electron chi connectivity index (χ2n) is 14.9. The van der Waals surface area contributed by atoms with Crippen molar-refractivity contribution >= 4 is 5.97 Å². The van der Waals surface area contributed by atoms with Crippen molar-refractivity contribution in [3.63, 3.8) is 0 Å². The molecule has 4 fully saturated rings. The van der Waals surface area contributed by atoms with Gasteiger partial charge in [0.15, 0.2) is 0 Å².